The number of carbonyl (C=O) groups excluding carboxylic acids is 1. The predicted octanol–water partition coefficient (Wildman–Crippen LogP) is 2.02. The quantitative estimate of drug-likeness (QED) is 0.745. The minimum atomic E-state index is -3.70. The molecule has 146 valence electrons. The SMILES string of the molecule is COc1ccc(NC(=O)CN(C)Cc2ccccc2)cc1S(=O)(=O)N(C)C. The molecule has 1 amide bonds. The molecule has 1 N–H and O–H groups in total. The number of sulfonamides is 1. The van der Waals surface area contributed by atoms with Crippen molar-refractivity contribution in [2.75, 3.05) is 40.1 Å². The lowest BCUT2D eigenvalue weighted by atomic mass is 10.2. The number of benzene rings is 2. The van der Waals surface area contributed by atoms with Crippen LogP contribution in [0, 0.1) is 0 Å². The molecule has 0 aliphatic heterocycles. The van der Waals surface area contributed by atoms with Crippen molar-refractivity contribution in [2.45, 2.75) is 11.4 Å². The van der Waals surface area contributed by atoms with Crippen LogP contribution in [0.1, 0.15) is 5.56 Å². The van der Waals surface area contributed by atoms with Gasteiger partial charge in [0.2, 0.25) is 15.9 Å². The van der Waals surface area contributed by atoms with Gasteiger partial charge in [0.05, 0.1) is 13.7 Å². The zero-order valence-electron chi connectivity index (χ0n) is 16.0. The Bertz CT molecular complexity index is 883. The smallest absolute Gasteiger partial charge is 0.246 e. The zero-order chi connectivity index (χ0) is 20.0. The molecule has 0 aliphatic rings. The van der Waals surface area contributed by atoms with Crippen LogP contribution in [0.2, 0.25) is 0 Å². The largest absolute Gasteiger partial charge is 0.495 e. The molecule has 0 heterocycles. The molecule has 0 fully saturated rings. The molecule has 0 aromatic heterocycles. The Balaban J connectivity index is 2.09. The van der Waals surface area contributed by atoms with Crippen molar-refractivity contribution in [3.8, 4) is 5.75 Å². The number of anilines is 1. The summed E-state index contributed by atoms with van der Waals surface area (Å²) in [4.78, 5) is 14.2. The topological polar surface area (TPSA) is 79.0 Å². The van der Waals surface area contributed by atoms with Gasteiger partial charge in [-0.25, -0.2) is 12.7 Å². The van der Waals surface area contributed by atoms with Gasteiger partial charge in [-0.1, -0.05) is 30.3 Å². The zero-order valence-corrected chi connectivity index (χ0v) is 16.8. The van der Waals surface area contributed by atoms with Gasteiger partial charge in [0.25, 0.3) is 0 Å². The van der Waals surface area contributed by atoms with E-state index in [2.05, 4.69) is 5.32 Å². The van der Waals surface area contributed by atoms with E-state index in [9.17, 15) is 13.2 Å². The third-order valence-corrected chi connectivity index (χ3v) is 5.75. The van der Waals surface area contributed by atoms with Crippen LogP contribution < -0.4 is 10.1 Å². The van der Waals surface area contributed by atoms with Crippen LogP contribution in [0.5, 0.6) is 5.75 Å². The van der Waals surface area contributed by atoms with Crippen LogP contribution in [0.3, 0.4) is 0 Å². The van der Waals surface area contributed by atoms with Crippen molar-refractivity contribution in [2.24, 2.45) is 0 Å². The molecule has 7 nitrogen and oxygen atoms in total. The normalized spacial score (nSPS) is 11.6. The summed E-state index contributed by atoms with van der Waals surface area (Å²) in [5.74, 6) is -0.00491. The van der Waals surface area contributed by atoms with E-state index < -0.39 is 10.0 Å². The molecular formula is C19H25N3O4S. The first-order valence-corrected chi connectivity index (χ1v) is 9.81. The first kappa shape index (κ1) is 20.9. The Morgan fingerprint density at radius 1 is 1.07 bits per heavy atom. The van der Waals surface area contributed by atoms with E-state index >= 15 is 0 Å². The molecule has 2 rings (SSSR count). The van der Waals surface area contributed by atoms with Crippen LogP contribution in [0.15, 0.2) is 53.4 Å². The summed E-state index contributed by atoms with van der Waals surface area (Å²) in [6.45, 7) is 0.813. The number of carbonyl (C=O) groups is 1. The Hall–Kier alpha value is -2.42. The van der Waals surface area contributed by atoms with Gasteiger partial charge in [-0.2, -0.15) is 0 Å². The van der Waals surface area contributed by atoms with Crippen molar-refractivity contribution in [3.63, 3.8) is 0 Å². The van der Waals surface area contributed by atoms with Crippen LogP contribution in [-0.2, 0) is 21.4 Å². The minimum Gasteiger partial charge on any atom is -0.495 e. The number of amides is 1. The molecule has 0 radical (unpaired) electrons. The number of hydrogen-bond acceptors (Lipinski definition) is 5. The molecule has 2 aromatic carbocycles. The number of nitrogens with zero attached hydrogens (tertiary/aromatic N) is 2. The van der Waals surface area contributed by atoms with Gasteiger partial charge < -0.3 is 10.1 Å². The lowest BCUT2D eigenvalue weighted by molar-refractivity contribution is -0.117. The maximum atomic E-state index is 12.5. The molecule has 0 unspecified atom stereocenters. The maximum absolute atomic E-state index is 12.5. The Morgan fingerprint density at radius 3 is 2.33 bits per heavy atom. The molecule has 0 saturated heterocycles. The summed E-state index contributed by atoms with van der Waals surface area (Å²) < 4.78 is 31.2. The lowest BCUT2D eigenvalue weighted by Gasteiger charge is -2.18. The standard InChI is InChI=1S/C19H25N3O4S/c1-21(2)27(24,25)18-12-16(10-11-17(18)26-4)20-19(23)14-22(3)13-15-8-6-5-7-9-15/h5-12H,13-14H2,1-4H3,(H,20,23). The lowest BCUT2D eigenvalue weighted by Crippen LogP contribution is -2.30. The summed E-state index contributed by atoms with van der Waals surface area (Å²) in [7, 11) is 2.44. The van der Waals surface area contributed by atoms with Crippen molar-refractivity contribution >= 4 is 21.6 Å². The second kappa shape index (κ2) is 8.98. The fourth-order valence-electron chi connectivity index (χ4n) is 2.55. The number of methoxy groups -OCH3 is 1. The summed E-state index contributed by atoms with van der Waals surface area (Å²) in [6.07, 6.45) is 0. The fourth-order valence-corrected chi connectivity index (χ4v) is 3.62. The number of nitrogens with one attached hydrogen (secondary N) is 1. The fraction of sp³-hybridized carbons (Fsp3) is 0.316. The van der Waals surface area contributed by atoms with Crippen molar-refractivity contribution < 1.29 is 17.9 Å². The summed E-state index contributed by atoms with van der Waals surface area (Å²) >= 11 is 0. The van der Waals surface area contributed by atoms with Gasteiger partial charge in [0.15, 0.2) is 0 Å². The van der Waals surface area contributed by atoms with Crippen molar-refractivity contribution in [3.05, 3.63) is 54.1 Å². The van der Waals surface area contributed by atoms with Gasteiger partial charge in [-0.05, 0) is 30.8 Å². The van der Waals surface area contributed by atoms with E-state index in [0.29, 0.717) is 12.2 Å². The summed E-state index contributed by atoms with van der Waals surface area (Å²) in [5.41, 5.74) is 1.51. The third kappa shape index (κ3) is 5.53. The molecule has 27 heavy (non-hydrogen) atoms. The Labute approximate surface area is 160 Å². The summed E-state index contributed by atoms with van der Waals surface area (Å²) in [5, 5.41) is 2.74. The molecular weight excluding hydrogens is 366 g/mol. The van der Waals surface area contributed by atoms with Crippen LogP contribution >= 0.6 is 0 Å². The summed E-state index contributed by atoms with van der Waals surface area (Å²) in [6, 6.07) is 14.4. The van der Waals surface area contributed by atoms with E-state index in [1.165, 1.54) is 33.3 Å². The van der Waals surface area contributed by atoms with Crippen molar-refractivity contribution in [1.82, 2.24) is 9.21 Å². The Kier molecular flexibility index (Phi) is 6.95. The van der Waals surface area contributed by atoms with Gasteiger partial charge in [0.1, 0.15) is 10.6 Å². The first-order chi connectivity index (χ1) is 12.7. The van der Waals surface area contributed by atoms with E-state index in [1.807, 2.05) is 42.3 Å². The highest BCUT2D eigenvalue weighted by Crippen LogP contribution is 2.28. The van der Waals surface area contributed by atoms with E-state index in [-0.39, 0.29) is 23.1 Å². The van der Waals surface area contributed by atoms with Crippen LogP contribution in [-0.4, -0.2) is 58.3 Å². The van der Waals surface area contributed by atoms with Gasteiger partial charge >= 0.3 is 0 Å². The molecule has 0 spiro atoms. The molecule has 0 aliphatic carbocycles. The molecule has 2 aromatic rings. The van der Waals surface area contributed by atoms with Crippen LogP contribution in [0.4, 0.5) is 5.69 Å². The highest BCUT2D eigenvalue weighted by Gasteiger charge is 2.23. The second-order valence-corrected chi connectivity index (χ2v) is 8.48. The van der Waals surface area contributed by atoms with Gasteiger partial charge in [-0.3, -0.25) is 9.69 Å². The molecule has 0 saturated carbocycles. The second-order valence-electron chi connectivity index (χ2n) is 6.36. The highest BCUT2D eigenvalue weighted by molar-refractivity contribution is 7.89. The third-order valence-electron chi connectivity index (χ3n) is 3.91. The number of likely N-dealkylation sites (N-methyl/N-ethyl adjacent to an activating group) is 1. The molecule has 0 bridgehead atoms. The highest BCUT2D eigenvalue weighted by atomic mass is 32.2. The minimum absolute atomic E-state index is 0.00504. The van der Waals surface area contributed by atoms with E-state index in [0.717, 1.165) is 9.87 Å². The first-order valence-electron chi connectivity index (χ1n) is 8.37. The van der Waals surface area contributed by atoms with E-state index in [1.54, 1.807) is 6.07 Å². The number of rotatable bonds is 8. The number of ether oxygens (including phenoxy) is 1. The maximum Gasteiger partial charge on any atom is 0.246 e. The van der Waals surface area contributed by atoms with Gasteiger partial charge in [0, 0.05) is 26.3 Å². The predicted molar refractivity (Wildman–Crippen MR) is 105 cm³/mol. The molecule has 0 atom stereocenters. The molecule has 8 heteroatoms. The average Bonchev–Trinajstić information content (AvgIpc) is 2.62. The average molecular weight is 391 g/mol. The number of hydrogen-bond donors (Lipinski definition) is 1. The van der Waals surface area contributed by atoms with Crippen LogP contribution in [0.25, 0.3) is 0 Å². The van der Waals surface area contributed by atoms with Crippen molar-refractivity contribution in [1.29, 1.82) is 0 Å². The monoisotopic (exact) mass is 391 g/mol. The Morgan fingerprint density at radius 2 is 1.74 bits per heavy atom. The van der Waals surface area contributed by atoms with E-state index in [4.69, 9.17) is 4.74 Å². The van der Waals surface area contributed by atoms with Gasteiger partial charge in [-0.15, -0.1) is 0 Å².